The summed E-state index contributed by atoms with van der Waals surface area (Å²) in [6.07, 6.45) is 6.86. The Morgan fingerprint density at radius 3 is 2.59 bits per heavy atom. The lowest BCUT2D eigenvalue weighted by Crippen LogP contribution is -1.93. The van der Waals surface area contributed by atoms with Gasteiger partial charge in [0.15, 0.2) is 5.78 Å². The molecule has 0 fully saturated rings. The van der Waals surface area contributed by atoms with E-state index < -0.39 is 0 Å². The third-order valence-corrected chi connectivity index (χ3v) is 3.41. The van der Waals surface area contributed by atoms with Crippen molar-refractivity contribution in [2.75, 3.05) is 0 Å². The fourth-order valence-corrected chi connectivity index (χ4v) is 2.54. The van der Waals surface area contributed by atoms with Crippen molar-refractivity contribution < 1.29 is 4.79 Å². The van der Waals surface area contributed by atoms with Crippen LogP contribution in [0.5, 0.6) is 0 Å². The lowest BCUT2D eigenvalue weighted by Gasteiger charge is -1.93. The molecule has 0 radical (unpaired) electrons. The fourth-order valence-electron chi connectivity index (χ4n) is 1.61. The molecule has 0 aromatic carbocycles. The predicted molar refractivity (Wildman–Crippen MR) is 71.4 cm³/mol. The van der Waals surface area contributed by atoms with Gasteiger partial charge < -0.3 is 0 Å². The number of hydrogen-bond acceptors (Lipinski definition) is 3. The highest BCUT2D eigenvalue weighted by atomic mass is 32.1. The summed E-state index contributed by atoms with van der Waals surface area (Å²) in [5, 5.41) is 0. The van der Waals surface area contributed by atoms with Crippen molar-refractivity contribution in [2.24, 2.45) is 0 Å². The first-order valence-corrected chi connectivity index (χ1v) is 6.18. The number of aromatic nitrogens is 1. The average molecular weight is 243 g/mol. The van der Waals surface area contributed by atoms with Gasteiger partial charge in [-0.05, 0) is 43.7 Å². The van der Waals surface area contributed by atoms with Crippen LogP contribution in [-0.4, -0.2) is 10.8 Å². The normalized spacial score (nSPS) is 10.9. The molecular formula is C14H13NOS. The molecular weight excluding hydrogens is 230 g/mol. The molecule has 0 N–H and O–H groups in total. The molecule has 0 aliphatic heterocycles. The maximum atomic E-state index is 12.0. The predicted octanol–water partition coefficient (Wildman–Crippen LogP) is 3.66. The van der Waals surface area contributed by atoms with Gasteiger partial charge >= 0.3 is 0 Å². The van der Waals surface area contributed by atoms with Crippen molar-refractivity contribution in [2.45, 2.75) is 13.8 Å². The lowest BCUT2D eigenvalue weighted by atomic mass is 10.1. The van der Waals surface area contributed by atoms with Crippen molar-refractivity contribution in [1.29, 1.82) is 0 Å². The summed E-state index contributed by atoms with van der Waals surface area (Å²) in [6.45, 7) is 3.99. The van der Waals surface area contributed by atoms with Gasteiger partial charge in [0.05, 0.1) is 0 Å². The van der Waals surface area contributed by atoms with Gasteiger partial charge in [-0.15, -0.1) is 11.3 Å². The van der Waals surface area contributed by atoms with E-state index in [1.165, 1.54) is 4.88 Å². The number of aryl methyl sites for hydroxylation is 2. The molecule has 3 heteroatoms. The number of thiophene rings is 1. The number of allylic oxidation sites excluding steroid dienone is 1. The van der Waals surface area contributed by atoms with Crippen LogP contribution < -0.4 is 0 Å². The van der Waals surface area contributed by atoms with Gasteiger partial charge in [-0.25, -0.2) is 0 Å². The Kier molecular flexibility index (Phi) is 3.49. The molecule has 0 aliphatic rings. The largest absolute Gasteiger partial charge is 0.289 e. The quantitative estimate of drug-likeness (QED) is 0.608. The molecule has 2 nitrogen and oxygen atoms in total. The Morgan fingerprint density at radius 1 is 1.29 bits per heavy atom. The summed E-state index contributed by atoms with van der Waals surface area (Å²) in [5.41, 5.74) is 1.79. The topological polar surface area (TPSA) is 30.0 Å². The zero-order valence-electron chi connectivity index (χ0n) is 9.81. The first kappa shape index (κ1) is 11.7. The first-order chi connectivity index (χ1) is 8.16. The second kappa shape index (κ2) is 5.06. The van der Waals surface area contributed by atoms with Gasteiger partial charge in [0.1, 0.15) is 0 Å². The van der Waals surface area contributed by atoms with Crippen LogP contribution in [0.25, 0.3) is 6.08 Å². The zero-order chi connectivity index (χ0) is 12.3. The summed E-state index contributed by atoms with van der Waals surface area (Å²) >= 11 is 1.65. The van der Waals surface area contributed by atoms with E-state index in [0.29, 0.717) is 0 Å². The van der Waals surface area contributed by atoms with Crippen LogP contribution in [0.15, 0.2) is 36.7 Å². The highest BCUT2D eigenvalue weighted by Crippen LogP contribution is 2.21. The summed E-state index contributed by atoms with van der Waals surface area (Å²) in [6, 6.07) is 5.68. The third kappa shape index (κ3) is 2.88. The summed E-state index contributed by atoms with van der Waals surface area (Å²) in [7, 11) is 0. The minimum atomic E-state index is 0.0589. The summed E-state index contributed by atoms with van der Waals surface area (Å²) < 4.78 is 0. The summed E-state index contributed by atoms with van der Waals surface area (Å²) in [5.74, 6) is 0.0589. The van der Waals surface area contributed by atoms with Crippen molar-refractivity contribution in [1.82, 2.24) is 4.98 Å². The molecule has 0 saturated heterocycles. The van der Waals surface area contributed by atoms with Gasteiger partial charge in [-0.1, -0.05) is 6.08 Å². The van der Waals surface area contributed by atoms with Crippen LogP contribution in [0.1, 0.15) is 25.7 Å². The van der Waals surface area contributed by atoms with Gasteiger partial charge in [0, 0.05) is 27.7 Å². The van der Waals surface area contributed by atoms with E-state index in [1.54, 1.807) is 29.8 Å². The van der Waals surface area contributed by atoms with E-state index in [-0.39, 0.29) is 5.78 Å². The minimum Gasteiger partial charge on any atom is -0.289 e. The van der Waals surface area contributed by atoms with Crippen molar-refractivity contribution in [3.8, 4) is 0 Å². The SMILES string of the molecule is Cc1cc(C(=O)/C=C/c2ccncc2)c(C)s1. The maximum absolute atomic E-state index is 12.0. The zero-order valence-corrected chi connectivity index (χ0v) is 10.6. The van der Waals surface area contributed by atoms with Crippen LogP contribution in [0.3, 0.4) is 0 Å². The second-order valence-electron chi connectivity index (χ2n) is 3.81. The van der Waals surface area contributed by atoms with E-state index in [1.807, 2.05) is 38.1 Å². The van der Waals surface area contributed by atoms with E-state index >= 15 is 0 Å². The summed E-state index contributed by atoms with van der Waals surface area (Å²) in [4.78, 5) is 18.1. The molecule has 0 atom stereocenters. The van der Waals surface area contributed by atoms with E-state index in [0.717, 1.165) is 16.0 Å². The molecule has 0 unspecified atom stereocenters. The molecule has 0 aliphatic carbocycles. The Hall–Kier alpha value is -1.74. The van der Waals surface area contributed by atoms with Crippen LogP contribution in [0.4, 0.5) is 0 Å². The Labute approximate surface area is 105 Å². The van der Waals surface area contributed by atoms with Crippen molar-refractivity contribution in [3.05, 3.63) is 57.6 Å². The molecule has 86 valence electrons. The van der Waals surface area contributed by atoms with Crippen LogP contribution in [-0.2, 0) is 0 Å². The van der Waals surface area contributed by atoms with Gasteiger partial charge in [-0.2, -0.15) is 0 Å². The average Bonchev–Trinajstić information content (AvgIpc) is 2.67. The Balaban J connectivity index is 2.18. The molecule has 0 saturated carbocycles. The van der Waals surface area contributed by atoms with Crippen molar-refractivity contribution in [3.63, 3.8) is 0 Å². The molecule has 2 aromatic heterocycles. The van der Waals surface area contributed by atoms with Gasteiger partial charge in [0.25, 0.3) is 0 Å². The minimum absolute atomic E-state index is 0.0589. The third-order valence-electron chi connectivity index (χ3n) is 2.44. The van der Waals surface area contributed by atoms with E-state index in [4.69, 9.17) is 0 Å². The van der Waals surface area contributed by atoms with E-state index in [2.05, 4.69) is 4.98 Å². The monoisotopic (exact) mass is 243 g/mol. The molecule has 0 amide bonds. The molecule has 2 heterocycles. The number of nitrogens with zero attached hydrogens (tertiary/aromatic N) is 1. The molecule has 2 rings (SSSR count). The van der Waals surface area contributed by atoms with E-state index in [9.17, 15) is 4.79 Å². The van der Waals surface area contributed by atoms with Gasteiger partial charge in [0.2, 0.25) is 0 Å². The van der Waals surface area contributed by atoms with Crippen molar-refractivity contribution >= 4 is 23.2 Å². The molecule has 17 heavy (non-hydrogen) atoms. The number of ketones is 1. The Morgan fingerprint density at radius 2 is 2.00 bits per heavy atom. The molecule has 0 bridgehead atoms. The first-order valence-electron chi connectivity index (χ1n) is 5.36. The van der Waals surface area contributed by atoms with Crippen LogP contribution >= 0.6 is 11.3 Å². The maximum Gasteiger partial charge on any atom is 0.186 e. The number of carbonyl (C=O) groups is 1. The number of hydrogen-bond donors (Lipinski definition) is 0. The number of carbonyl (C=O) groups excluding carboxylic acids is 1. The standard InChI is InChI=1S/C14H13NOS/c1-10-9-13(11(2)17-10)14(16)4-3-12-5-7-15-8-6-12/h3-9H,1-2H3/b4-3+. The fraction of sp³-hybridized carbons (Fsp3) is 0.143. The number of pyridine rings is 1. The molecule has 0 spiro atoms. The van der Waals surface area contributed by atoms with Gasteiger partial charge in [-0.3, -0.25) is 9.78 Å². The smallest absolute Gasteiger partial charge is 0.186 e. The Bertz CT molecular complexity index is 555. The second-order valence-corrected chi connectivity index (χ2v) is 5.27. The highest BCUT2D eigenvalue weighted by Gasteiger charge is 2.08. The highest BCUT2D eigenvalue weighted by molar-refractivity contribution is 7.12. The van der Waals surface area contributed by atoms with Crippen LogP contribution in [0.2, 0.25) is 0 Å². The lowest BCUT2D eigenvalue weighted by molar-refractivity contribution is 0.104. The molecule has 2 aromatic rings. The van der Waals surface area contributed by atoms with Crippen LogP contribution in [0, 0.1) is 13.8 Å². The number of rotatable bonds is 3.